The van der Waals surface area contributed by atoms with Gasteiger partial charge in [-0.3, -0.25) is 0 Å². The monoisotopic (exact) mass is 242 g/mol. The molecule has 90 valence electrons. The van der Waals surface area contributed by atoms with Crippen LogP contribution >= 0.6 is 0 Å². The second-order valence-electron chi connectivity index (χ2n) is 3.44. The summed E-state index contributed by atoms with van der Waals surface area (Å²) in [5, 5.41) is 4.00. The Morgan fingerprint density at radius 3 is 2.67 bits per heavy atom. The van der Waals surface area contributed by atoms with Crippen LogP contribution in [0.2, 0.25) is 0 Å². The summed E-state index contributed by atoms with van der Waals surface area (Å²) in [6.45, 7) is 6.97. The SMILES string of the molecule is [C-]#[N+]c1nn(-c2ccccc2)c(C(=O)OC)c1N. The molecule has 0 aliphatic rings. The Morgan fingerprint density at radius 1 is 1.44 bits per heavy atom. The molecule has 0 spiro atoms. The molecule has 2 aromatic rings. The van der Waals surface area contributed by atoms with E-state index in [4.69, 9.17) is 12.3 Å². The van der Waals surface area contributed by atoms with Crippen molar-refractivity contribution in [3.8, 4) is 5.69 Å². The minimum Gasteiger partial charge on any atom is -0.464 e. The number of esters is 1. The molecule has 2 rings (SSSR count). The topological polar surface area (TPSA) is 74.5 Å². The predicted octanol–water partition coefficient (Wildman–Crippen LogP) is 1.79. The van der Waals surface area contributed by atoms with Gasteiger partial charge in [-0.2, -0.15) is 4.68 Å². The first-order valence-corrected chi connectivity index (χ1v) is 5.08. The number of methoxy groups -OCH3 is 1. The Balaban J connectivity index is 2.68. The highest BCUT2D eigenvalue weighted by Gasteiger charge is 2.25. The molecule has 1 aromatic heterocycles. The number of hydrogen-bond acceptors (Lipinski definition) is 4. The van der Waals surface area contributed by atoms with E-state index in [-0.39, 0.29) is 17.2 Å². The Labute approximate surface area is 103 Å². The Bertz CT molecular complexity index is 626. The Kier molecular flexibility index (Phi) is 2.98. The number of benzene rings is 1. The molecule has 0 bridgehead atoms. The zero-order valence-corrected chi connectivity index (χ0v) is 9.62. The number of ether oxygens (including phenoxy) is 1. The summed E-state index contributed by atoms with van der Waals surface area (Å²) in [5.41, 5.74) is 6.46. The van der Waals surface area contributed by atoms with E-state index < -0.39 is 5.97 Å². The molecule has 6 heteroatoms. The van der Waals surface area contributed by atoms with Crippen LogP contribution in [0, 0.1) is 6.57 Å². The molecule has 0 amide bonds. The molecule has 0 radical (unpaired) electrons. The van der Waals surface area contributed by atoms with Crippen LogP contribution in [0.4, 0.5) is 11.5 Å². The van der Waals surface area contributed by atoms with E-state index >= 15 is 0 Å². The molecule has 1 heterocycles. The molecule has 18 heavy (non-hydrogen) atoms. The number of aromatic nitrogens is 2. The van der Waals surface area contributed by atoms with E-state index in [1.54, 1.807) is 24.3 Å². The summed E-state index contributed by atoms with van der Waals surface area (Å²) in [7, 11) is 1.25. The van der Waals surface area contributed by atoms with Crippen LogP contribution in [-0.2, 0) is 4.74 Å². The van der Waals surface area contributed by atoms with Gasteiger partial charge in [0.1, 0.15) is 0 Å². The van der Waals surface area contributed by atoms with Gasteiger partial charge in [-0.15, -0.1) is 0 Å². The maximum atomic E-state index is 11.7. The highest BCUT2D eigenvalue weighted by Crippen LogP contribution is 2.27. The largest absolute Gasteiger partial charge is 0.464 e. The van der Waals surface area contributed by atoms with E-state index in [2.05, 4.69) is 14.7 Å². The van der Waals surface area contributed by atoms with Crippen molar-refractivity contribution in [2.24, 2.45) is 0 Å². The van der Waals surface area contributed by atoms with Crippen molar-refractivity contribution in [1.29, 1.82) is 0 Å². The first-order chi connectivity index (χ1) is 8.69. The third-order valence-corrected chi connectivity index (χ3v) is 2.39. The zero-order chi connectivity index (χ0) is 13.1. The molecule has 0 aliphatic heterocycles. The lowest BCUT2D eigenvalue weighted by molar-refractivity contribution is 0.0591. The maximum Gasteiger partial charge on any atom is 0.359 e. The van der Waals surface area contributed by atoms with Gasteiger partial charge in [0, 0.05) is 0 Å². The van der Waals surface area contributed by atoms with Gasteiger partial charge in [-0.1, -0.05) is 24.8 Å². The number of carbonyl (C=O) groups is 1. The van der Waals surface area contributed by atoms with Crippen LogP contribution in [0.1, 0.15) is 10.5 Å². The van der Waals surface area contributed by atoms with Gasteiger partial charge in [-0.25, -0.2) is 4.79 Å². The van der Waals surface area contributed by atoms with Crippen molar-refractivity contribution in [2.75, 3.05) is 12.8 Å². The first kappa shape index (κ1) is 11.7. The molecular weight excluding hydrogens is 232 g/mol. The van der Waals surface area contributed by atoms with Crippen molar-refractivity contribution >= 4 is 17.5 Å². The lowest BCUT2D eigenvalue weighted by Crippen LogP contribution is -2.12. The van der Waals surface area contributed by atoms with Crippen LogP contribution in [-0.4, -0.2) is 22.9 Å². The highest BCUT2D eigenvalue weighted by molar-refractivity contribution is 5.97. The highest BCUT2D eigenvalue weighted by atomic mass is 16.5. The first-order valence-electron chi connectivity index (χ1n) is 5.08. The van der Waals surface area contributed by atoms with E-state index in [0.717, 1.165) is 0 Å². The predicted molar refractivity (Wildman–Crippen MR) is 65.6 cm³/mol. The molecule has 6 nitrogen and oxygen atoms in total. The van der Waals surface area contributed by atoms with E-state index in [1.165, 1.54) is 11.8 Å². The molecule has 0 unspecified atom stereocenters. The summed E-state index contributed by atoms with van der Waals surface area (Å²) < 4.78 is 5.97. The fraction of sp³-hybridized carbons (Fsp3) is 0.0833. The van der Waals surface area contributed by atoms with Gasteiger partial charge in [0.25, 0.3) is 0 Å². The molecular formula is C12H10N4O2. The van der Waals surface area contributed by atoms with Gasteiger partial charge in [-0.05, 0) is 17.2 Å². The number of carbonyl (C=O) groups excluding carboxylic acids is 1. The summed E-state index contributed by atoms with van der Waals surface area (Å²) in [6, 6.07) is 8.95. The van der Waals surface area contributed by atoms with Gasteiger partial charge >= 0.3 is 11.8 Å². The number of hydrogen-bond donors (Lipinski definition) is 1. The van der Waals surface area contributed by atoms with E-state index in [1.807, 2.05) is 6.07 Å². The quantitative estimate of drug-likeness (QED) is 0.643. The van der Waals surface area contributed by atoms with Crippen LogP contribution in [0.25, 0.3) is 10.5 Å². The molecule has 0 saturated heterocycles. The number of nitrogens with zero attached hydrogens (tertiary/aromatic N) is 3. The molecule has 0 saturated carbocycles. The molecule has 0 aliphatic carbocycles. The average Bonchev–Trinajstić information content (AvgIpc) is 2.76. The molecule has 0 atom stereocenters. The van der Waals surface area contributed by atoms with Crippen molar-refractivity contribution < 1.29 is 9.53 Å². The standard InChI is InChI=1S/C12H10N4O2/c1-14-11-9(13)10(12(17)18-2)16(15-11)8-6-4-3-5-7-8/h3-7H,13H2,2H3. The van der Waals surface area contributed by atoms with Crippen molar-refractivity contribution in [2.45, 2.75) is 0 Å². The smallest absolute Gasteiger partial charge is 0.359 e. The summed E-state index contributed by atoms with van der Waals surface area (Å²) >= 11 is 0. The number of anilines is 1. The fourth-order valence-electron chi connectivity index (χ4n) is 1.55. The van der Waals surface area contributed by atoms with Gasteiger partial charge in [0.15, 0.2) is 5.69 Å². The van der Waals surface area contributed by atoms with E-state index in [9.17, 15) is 4.79 Å². The summed E-state index contributed by atoms with van der Waals surface area (Å²) in [5.74, 6) is -0.641. The Hall–Kier alpha value is -2.81. The lowest BCUT2D eigenvalue weighted by Gasteiger charge is -2.03. The van der Waals surface area contributed by atoms with Crippen LogP contribution in [0.5, 0.6) is 0 Å². The fourth-order valence-corrected chi connectivity index (χ4v) is 1.55. The third-order valence-electron chi connectivity index (χ3n) is 2.39. The number of nitrogens with two attached hydrogens (primary N) is 1. The van der Waals surface area contributed by atoms with Crippen molar-refractivity contribution in [3.63, 3.8) is 0 Å². The van der Waals surface area contributed by atoms with Gasteiger partial charge < -0.3 is 15.3 Å². The minimum atomic E-state index is -0.626. The lowest BCUT2D eigenvalue weighted by atomic mass is 10.3. The number of nitrogen functional groups attached to an aromatic ring is 1. The van der Waals surface area contributed by atoms with E-state index in [0.29, 0.717) is 5.69 Å². The number of para-hydroxylation sites is 1. The average molecular weight is 242 g/mol. The maximum absolute atomic E-state index is 11.7. The zero-order valence-electron chi connectivity index (χ0n) is 9.62. The summed E-state index contributed by atoms with van der Waals surface area (Å²) in [6.07, 6.45) is 0. The number of rotatable bonds is 2. The van der Waals surface area contributed by atoms with Crippen LogP contribution in [0.3, 0.4) is 0 Å². The molecule has 1 aromatic carbocycles. The normalized spacial score (nSPS) is 9.78. The van der Waals surface area contributed by atoms with Crippen molar-refractivity contribution in [3.05, 3.63) is 47.4 Å². The van der Waals surface area contributed by atoms with Gasteiger partial charge in [0.05, 0.1) is 18.5 Å². The molecule has 2 N–H and O–H groups in total. The van der Waals surface area contributed by atoms with Crippen molar-refractivity contribution in [1.82, 2.24) is 9.78 Å². The van der Waals surface area contributed by atoms with Gasteiger partial charge in [0.2, 0.25) is 0 Å². The summed E-state index contributed by atoms with van der Waals surface area (Å²) in [4.78, 5) is 14.9. The van der Waals surface area contributed by atoms with Crippen LogP contribution < -0.4 is 5.73 Å². The minimum absolute atomic E-state index is 0.0146. The third kappa shape index (κ3) is 1.78. The van der Waals surface area contributed by atoms with Crippen LogP contribution in [0.15, 0.2) is 30.3 Å². The second-order valence-corrected chi connectivity index (χ2v) is 3.44. The second kappa shape index (κ2) is 4.59. The Morgan fingerprint density at radius 2 is 2.11 bits per heavy atom. The molecule has 0 fully saturated rings.